The molecule has 1 aliphatic carbocycles. The highest BCUT2D eigenvalue weighted by Crippen LogP contribution is 2.30. The number of pyridine rings is 1. The molecule has 0 amide bonds. The zero-order valence-corrected chi connectivity index (χ0v) is 12.1. The van der Waals surface area contributed by atoms with Gasteiger partial charge in [-0.2, -0.15) is 0 Å². The molecule has 1 aromatic heterocycles. The van der Waals surface area contributed by atoms with Crippen LogP contribution in [0.25, 0.3) is 10.9 Å². The first-order valence-electron chi connectivity index (χ1n) is 7.58. The number of hydrogen-bond donors (Lipinski definition) is 1. The zero-order valence-electron chi connectivity index (χ0n) is 12.1. The van der Waals surface area contributed by atoms with Gasteiger partial charge in [-0.3, -0.25) is 0 Å². The van der Waals surface area contributed by atoms with Crippen LogP contribution in [0, 0.1) is 5.92 Å². The fourth-order valence-corrected chi connectivity index (χ4v) is 3.39. The maximum absolute atomic E-state index is 5.95. The maximum atomic E-state index is 5.95. The Kier molecular flexibility index (Phi) is 3.88. The molecule has 106 valence electrons. The van der Waals surface area contributed by atoms with Gasteiger partial charge in [0.2, 0.25) is 0 Å². The van der Waals surface area contributed by atoms with E-state index in [1.165, 1.54) is 31.1 Å². The van der Waals surface area contributed by atoms with Crippen molar-refractivity contribution in [3.8, 4) is 0 Å². The fourth-order valence-electron chi connectivity index (χ4n) is 3.39. The molecule has 1 saturated carbocycles. The Morgan fingerprint density at radius 2 is 1.95 bits per heavy atom. The first-order chi connectivity index (χ1) is 9.79. The number of nitrogens with zero attached hydrogens (tertiary/aromatic N) is 2. The first kappa shape index (κ1) is 13.4. The van der Waals surface area contributed by atoms with Gasteiger partial charge in [-0.1, -0.05) is 31.0 Å². The van der Waals surface area contributed by atoms with Crippen LogP contribution in [0.5, 0.6) is 0 Å². The topological polar surface area (TPSA) is 42.2 Å². The number of fused-ring (bicyclic) bond motifs is 1. The molecule has 1 aromatic carbocycles. The number of rotatable bonds is 3. The number of nitrogens with two attached hydrogens (primary N) is 1. The Morgan fingerprint density at radius 3 is 2.80 bits per heavy atom. The lowest BCUT2D eigenvalue weighted by molar-refractivity contribution is 0.305. The molecule has 0 radical (unpaired) electrons. The molecule has 20 heavy (non-hydrogen) atoms. The van der Waals surface area contributed by atoms with Gasteiger partial charge in [0.1, 0.15) is 5.82 Å². The van der Waals surface area contributed by atoms with Crippen molar-refractivity contribution in [3.05, 3.63) is 36.4 Å². The van der Waals surface area contributed by atoms with E-state index >= 15 is 0 Å². The summed E-state index contributed by atoms with van der Waals surface area (Å²) in [6.07, 6.45) is 5.10. The molecule has 0 spiro atoms. The summed E-state index contributed by atoms with van der Waals surface area (Å²) in [5.41, 5.74) is 7.02. The molecule has 0 aliphatic heterocycles. The summed E-state index contributed by atoms with van der Waals surface area (Å²) in [5, 5.41) is 1.20. The van der Waals surface area contributed by atoms with Gasteiger partial charge in [0.15, 0.2) is 0 Å². The van der Waals surface area contributed by atoms with E-state index in [0.717, 1.165) is 17.9 Å². The van der Waals surface area contributed by atoms with Gasteiger partial charge in [0.25, 0.3) is 0 Å². The minimum Gasteiger partial charge on any atom is -0.356 e. The quantitative estimate of drug-likeness (QED) is 0.930. The molecule has 2 N–H and O–H groups in total. The maximum Gasteiger partial charge on any atom is 0.129 e. The molecule has 2 aromatic rings. The van der Waals surface area contributed by atoms with Crippen molar-refractivity contribution < 1.29 is 0 Å². The minimum atomic E-state index is 0.530. The Balaban J connectivity index is 1.89. The summed E-state index contributed by atoms with van der Waals surface area (Å²) < 4.78 is 0. The van der Waals surface area contributed by atoms with Gasteiger partial charge < -0.3 is 10.6 Å². The average molecular weight is 269 g/mol. The van der Waals surface area contributed by atoms with Crippen LogP contribution >= 0.6 is 0 Å². The molecule has 0 saturated heterocycles. The summed E-state index contributed by atoms with van der Waals surface area (Å²) >= 11 is 0. The van der Waals surface area contributed by atoms with Crippen LogP contribution in [0.3, 0.4) is 0 Å². The van der Waals surface area contributed by atoms with Crippen LogP contribution in [0.2, 0.25) is 0 Å². The van der Waals surface area contributed by atoms with Crippen LogP contribution in [0.15, 0.2) is 36.4 Å². The lowest BCUT2D eigenvalue weighted by atomic mass is 9.84. The monoisotopic (exact) mass is 269 g/mol. The molecule has 1 aliphatic rings. The lowest BCUT2D eigenvalue weighted by Gasteiger charge is -2.38. The smallest absolute Gasteiger partial charge is 0.129 e. The number of para-hydroxylation sites is 1. The fraction of sp³-hybridized carbons (Fsp3) is 0.471. The lowest BCUT2D eigenvalue weighted by Crippen LogP contribution is -2.43. The average Bonchev–Trinajstić information content (AvgIpc) is 2.53. The van der Waals surface area contributed by atoms with Crippen LogP contribution in [0.1, 0.15) is 25.7 Å². The van der Waals surface area contributed by atoms with Gasteiger partial charge in [-0.15, -0.1) is 0 Å². The van der Waals surface area contributed by atoms with Gasteiger partial charge >= 0.3 is 0 Å². The second kappa shape index (κ2) is 5.80. The SMILES string of the molecule is CN(c1ccc2ccccc2n1)C1CCCCC1CN. The van der Waals surface area contributed by atoms with Crippen molar-refractivity contribution in [1.82, 2.24) is 4.98 Å². The van der Waals surface area contributed by atoms with E-state index in [2.05, 4.69) is 42.3 Å². The number of hydrogen-bond acceptors (Lipinski definition) is 3. The summed E-state index contributed by atoms with van der Waals surface area (Å²) in [6.45, 7) is 0.780. The first-order valence-corrected chi connectivity index (χ1v) is 7.58. The van der Waals surface area contributed by atoms with E-state index in [1.54, 1.807) is 0 Å². The van der Waals surface area contributed by atoms with Crippen molar-refractivity contribution in [1.29, 1.82) is 0 Å². The second-order valence-corrected chi connectivity index (χ2v) is 5.82. The third kappa shape index (κ3) is 2.50. The highest BCUT2D eigenvalue weighted by atomic mass is 15.2. The van der Waals surface area contributed by atoms with Crippen LogP contribution in [0.4, 0.5) is 5.82 Å². The van der Waals surface area contributed by atoms with Crippen LogP contribution < -0.4 is 10.6 Å². The Morgan fingerprint density at radius 1 is 1.15 bits per heavy atom. The zero-order chi connectivity index (χ0) is 13.9. The van der Waals surface area contributed by atoms with E-state index in [4.69, 9.17) is 10.7 Å². The number of aromatic nitrogens is 1. The van der Waals surface area contributed by atoms with Crippen molar-refractivity contribution in [2.75, 3.05) is 18.5 Å². The normalized spacial score (nSPS) is 22.9. The van der Waals surface area contributed by atoms with Crippen molar-refractivity contribution in [2.24, 2.45) is 11.7 Å². The summed E-state index contributed by atoms with van der Waals surface area (Å²) in [6, 6.07) is 13.1. The molecule has 3 rings (SSSR count). The third-order valence-electron chi connectivity index (χ3n) is 4.61. The summed E-state index contributed by atoms with van der Waals surface area (Å²) in [5.74, 6) is 1.66. The standard InChI is InChI=1S/C17H23N3/c1-20(16-9-5-3-7-14(16)12-18)17-11-10-13-6-2-4-8-15(13)19-17/h2,4,6,8,10-11,14,16H,3,5,7,9,12,18H2,1H3. The number of anilines is 1. The number of benzene rings is 1. The largest absolute Gasteiger partial charge is 0.356 e. The molecule has 2 unspecified atom stereocenters. The minimum absolute atomic E-state index is 0.530. The third-order valence-corrected chi connectivity index (χ3v) is 4.61. The van der Waals surface area contributed by atoms with E-state index in [-0.39, 0.29) is 0 Å². The van der Waals surface area contributed by atoms with E-state index in [0.29, 0.717) is 12.0 Å². The van der Waals surface area contributed by atoms with Gasteiger partial charge in [-0.05, 0) is 43.5 Å². The highest BCUT2D eigenvalue weighted by molar-refractivity contribution is 5.80. The molecule has 0 bridgehead atoms. The summed E-state index contributed by atoms with van der Waals surface area (Å²) in [7, 11) is 2.16. The van der Waals surface area contributed by atoms with E-state index < -0.39 is 0 Å². The van der Waals surface area contributed by atoms with E-state index in [1.807, 2.05) is 6.07 Å². The predicted molar refractivity (Wildman–Crippen MR) is 84.9 cm³/mol. The van der Waals surface area contributed by atoms with Crippen LogP contribution in [-0.2, 0) is 0 Å². The van der Waals surface area contributed by atoms with Crippen molar-refractivity contribution in [3.63, 3.8) is 0 Å². The Hall–Kier alpha value is -1.61. The second-order valence-electron chi connectivity index (χ2n) is 5.82. The molecular weight excluding hydrogens is 246 g/mol. The molecule has 1 fully saturated rings. The molecule has 2 atom stereocenters. The van der Waals surface area contributed by atoms with Gasteiger partial charge in [0, 0.05) is 18.5 Å². The highest BCUT2D eigenvalue weighted by Gasteiger charge is 2.27. The van der Waals surface area contributed by atoms with Gasteiger partial charge in [-0.25, -0.2) is 4.98 Å². The Labute approximate surface area is 120 Å². The molecule has 3 nitrogen and oxygen atoms in total. The van der Waals surface area contributed by atoms with Gasteiger partial charge in [0.05, 0.1) is 5.52 Å². The van der Waals surface area contributed by atoms with Crippen molar-refractivity contribution >= 4 is 16.7 Å². The predicted octanol–water partition coefficient (Wildman–Crippen LogP) is 3.19. The molecule has 3 heteroatoms. The molecule has 1 heterocycles. The molecular formula is C17H23N3. The van der Waals surface area contributed by atoms with Crippen molar-refractivity contribution in [2.45, 2.75) is 31.7 Å². The summed E-state index contributed by atoms with van der Waals surface area (Å²) in [4.78, 5) is 7.14. The van der Waals surface area contributed by atoms with Crippen LogP contribution in [-0.4, -0.2) is 24.6 Å². The van der Waals surface area contributed by atoms with E-state index in [9.17, 15) is 0 Å². The Bertz CT molecular complexity index is 581.